The molecule has 2 aromatic carbocycles. The zero-order valence-electron chi connectivity index (χ0n) is 13.6. The van der Waals surface area contributed by atoms with Crippen molar-refractivity contribution in [2.24, 2.45) is 12.8 Å². The van der Waals surface area contributed by atoms with Crippen molar-refractivity contribution in [3.8, 4) is 5.69 Å². The molecule has 0 atom stereocenters. The second-order valence-corrected chi connectivity index (χ2v) is 5.94. The zero-order chi connectivity index (χ0) is 17.6. The molecule has 0 unspecified atom stereocenters. The molecule has 2 N–H and O–H groups in total. The number of benzene rings is 2. The van der Waals surface area contributed by atoms with Crippen LogP contribution in [0.4, 0.5) is 0 Å². The van der Waals surface area contributed by atoms with Crippen molar-refractivity contribution in [2.45, 2.75) is 6.42 Å². The molecule has 0 saturated carbocycles. The number of amides is 1. The highest BCUT2D eigenvalue weighted by molar-refractivity contribution is 6.09. The highest BCUT2D eigenvalue weighted by atomic mass is 16.1. The number of primary amides is 1. The van der Waals surface area contributed by atoms with E-state index in [0.29, 0.717) is 22.3 Å². The minimum atomic E-state index is -0.486. The number of aromatic nitrogens is 3. The lowest BCUT2D eigenvalue weighted by Gasteiger charge is -2.09. The van der Waals surface area contributed by atoms with Crippen LogP contribution >= 0.6 is 0 Å². The molecule has 4 rings (SSSR count). The third kappa shape index (κ3) is 2.30. The molecular formula is C19H16N4O2. The Kier molecular flexibility index (Phi) is 3.39. The molecule has 0 radical (unpaired) electrons. The molecule has 25 heavy (non-hydrogen) atoms. The summed E-state index contributed by atoms with van der Waals surface area (Å²) in [5.41, 5.74) is 7.76. The molecule has 0 saturated heterocycles. The first-order valence-corrected chi connectivity index (χ1v) is 7.91. The van der Waals surface area contributed by atoms with Gasteiger partial charge in [0.15, 0.2) is 0 Å². The maximum Gasteiger partial charge on any atom is 0.296 e. The van der Waals surface area contributed by atoms with Crippen molar-refractivity contribution >= 4 is 27.7 Å². The van der Waals surface area contributed by atoms with Gasteiger partial charge in [0, 0.05) is 23.3 Å². The maximum absolute atomic E-state index is 13.1. The zero-order valence-corrected chi connectivity index (χ0v) is 13.6. The smallest absolute Gasteiger partial charge is 0.296 e. The summed E-state index contributed by atoms with van der Waals surface area (Å²) in [6.45, 7) is 0. The molecule has 0 aliphatic carbocycles. The van der Waals surface area contributed by atoms with Crippen molar-refractivity contribution in [1.29, 1.82) is 0 Å². The average molecular weight is 332 g/mol. The molecule has 1 amide bonds. The predicted octanol–water partition coefficient (Wildman–Crippen LogP) is 1.91. The van der Waals surface area contributed by atoms with Gasteiger partial charge >= 0.3 is 0 Å². The van der Waals surface area contributed by atoms with Gasteiger partial charge in [0.1, 0.15) is 5.52 Å². The van der Waals surface area contributed by atoms with Crippen LogP contribution in [0.25, 0.3) is 27.5 Å². The molecule has 2 heterocycles. The quantitative estimate of drug-likeness (QED) is 0.622. The summed E-state index contributed by atoms with van der Waals surface area (Å²) in [5.74, 6) is -0.486. The molecule has 0 bridgehead atoms. The number of carbonyl (C=O) groups excluding carboxylic acids is 1. The van der Waals surface area contributed by atoms with Gasteiger partial charge in [0.2, 0.25) is 5.91 Å². The number of para-hydroxylation sites is 2. The highest BCUT2D eigenvalue weighted by Gasteiger charge is 2.20. The second-order valence-electron chi connectivity index (χ2n) is 5.94. The summed E-state index contributed by atoms with van der Waals surface area (Å²) in [6, 6.07) is 16.8. The van der Waals surface area contributed by atoms with Gasteiger partial charge in [-0.2, -0.15) is 9.78 Å². The maximum atomic E-state index is 13.1. The van der Waals surface area contributed by atoms with E-state index in [4.69, 9.17) is 5.73 Å². The fraction of sp³-hybridized carbons (Fsp3) is 0.105. The molecule has 6 heteroatoms. The number of nitrogens with zero attached hydrogens (tertiary/aromatic N) is 3. The number of carbonyl (C=O) groups is 1. The summed E-state index contributed by atoms with van der Waals surface area (Å²) in [7, 11) is 1.84. The minimum Gasteiger partial charge on any atom is -0.369 e. The van der Waals surface area contributed by atoms with Crippen molar-refractivity contribution < 1.29 is 4.79 Å². The van der Waals surface area contributed by atoms with E-state index >= 15 is 0 Å². The summed E-state index contributed by atoms with van der Waals surface area (Å²) >= 11 is 0. The van der Waals surface area contributed by atoms with Gasteiger partial charge in [-0.15, -0.1) is 0 Å². The van der Waals surface area contributed by atoms with Crippen molar-refractivity contribution in [3.63, 3.8) is 0 Å². The Morgan fingerprint density at radius 1 is 1.08 bits per heavy atom. The summed E-state index contributed by atoms with van der Waals surface area (Å²) in [6.07, 6.45) is -0.0301. The third-order valence-electron chi connectivity index (χ3n) is 4.35. The lowest BCUT2D eigenvalue weighted by atomic mass is 10.1. The first-order chi connectivity index (χ1) is 12.1. The van der Waals surface area contributed by atoms with Gasteiger partial charge in [0.25, 0.3) is 5.56 Å². The third-order valence-corrected chi connectivity index (χ3v) is 4.35. The Bertz CT molecular complexity index is 1170. The number of fused-ring (bicyclic) bond motifs is 3. The fourth-order valence-electron chi connectivity index (χ4n) is 3.29. The Balaban J connectivity index is 2.19. The molecule has 0 fully saturated rings. The molecule has 6 nitrogen and oxygen atoms in total. The lowest BCUT2D eigenvalue weighted by Crippen LogP contribution is -2.26. The normalized spacial score (nSPS) is 11.2. The van der Waals surface area contributed by atoms with Crippen LogP contribution in [0.1, 0.15) is 5.69 Å². The van der Waals surface area contributed by atoms with E-state index in [1.165, 1.54) is 4.68 Å². The summed E-state index contributed by atoms with van der Waals surface area (Å²) < 4.78 is 3.18. The molecule has 2 aromatic heterocycles. The van der Waals surface area contributed by atoms with E-state index < -0.39 is 5.91 Å². The highest BCUT2D eigenvalue weighted by Crippen LogP contribution is 2.28. The Hall–Kier alpha value is -3.41. The number of nitrogens with two attached hydrogens (primary N) is 1. The number of hydrogen-bond donors (Lipinski definition) is 1. The van der Waals surface area contributed by atoms with Crippen LogP contribution in [0.3, 0.4) is 0 Å². The fourth-order valence-corrected chi connectivity index (χ4v) is 3.29. The molecular weight excluding hydrogens is 316 g/mol. The van der Waals surface area contributed by atoms with Crippen LogP contribution in [0.5, 0.6) is 0 Å². The Morgan fingerprint density at radius 2 is 1.76 bits per heavy atom. The van der Waals surface area contributed by atoms with Crippen LogP contribution < -0.4 is 11.3 Å². The predicted molar refractivity (Wildman–Crippen MR) is 96.7 cm³/mol. The number of hydrogen-bond acceptors (Lipinski definition) is 3. The molecule has 124 valence electrons. The monoisotopic (exact) mass is 332 g/mol. The largest absolute Gasteiger partial charge is 0.369 e. The average Bonchev–Trinajstić information content (AvgIpc) is 2.92. The standard InChI is InChI=1S/C19H16N4O2/c1-22-15-10-6-5-9-13(15)17-14(11-16(20)24)21-23(19(25)18(17)22)12-7-3-2-4-8-12/h2-10H,11H2,1H3,(H2,20,24). The van der Waals surface area contributed by atoms with Crippen molar-refractivity contribution in [2.75, 3.05) is 0 Å². The van der Waals surface area contributed by atoms with E-state index in [1.807, 2.05) is 54.1 Å². The van der Waals surface area contributed by atoms with Crippen molar-refractivity contribution in [3.05, 3.63) is 70.6 Å². The van der Waals surface area contributed by atoms with E-state index in [-0.39, 0.29) is 12.0 Å². The van der Waals surface area contributed by atoms with Crippen LogP contribution in [0, 0.1) is 0 Å². The summed E-state index contributed by atoms with van der Waals surface area (Å²) in [5, 5.41) is 6.04. The van der Waals surface area contributed by atoms with E-state index in [1.54, 1.807) is 12.1 Å². The van der Waals surface area contributed by atoms with E-state index in [9.17, 15) is 9.59 Å². The topological polar surface area (TPSA) is 82.9 Å². The lowest BCUT2D eigenvalue weighted by molar-refractivity contribution is -0.117. The first kappa shape index (κ1) is 15.1. The Morgan fingerprint density at radius 3 is 2.48 bits per heavy atom. The SMILES string of the molecule is Cn1c2ccccc2c2c(CC(N)=O)nn(-c3ccccc3)c(=O)c21. The van der Waals surface area contributed by atoms with Gasteiger partial charge in [-0.25, -0.2) is 0 Å². The summed E-state index contributed by atoms with van der Waals surface area (Å²) in [4.78, 5) is 24.7. The number of aryl methyl sites for hydroxylation is 1. The molecule has 4 aromatic rings. The van der Waals surface area contributed by atoms with Gasteiger partial charge in [-0.3, -0.25) is 9.59 Å². The van der Waals surface area contributed by atoms with E-state index in [0.717, 1.165) is 10.9 Å². The van der Waals surface area contributed by atoms with Crippen LogP contribution in [0.2, 0.25) is 0 Å². The van der Waals surface area contributed by atoms with E-state index in [2.05, 4.69) is 5.10 Å². The number of rotatable bonds is 3. The van der Waals surface area contributed by atoms with Gasteiger partial charge in [-0.05, 0) is 18.2 Å². The molecule has 0 aliphatic rings. The Labute approximate surface area is 143 Å². The van der Waals surface area contributed by atoms with Gasteiger partial charge in [0.05, 0.1) is 17.8 Å². The van der Waals surface area contributed by atoms with Crippen LogP contribution in [-0.4, -0.2) is 20.3 Å². The van der Waals surface area contributed by atoms with Gasteiger partial charge < -0.3 is 10.3 Å². The van der Waals surface area contributed by atoms with Crippen LogP contribution in [-0.2, 0) is 18.3 Å². The van der Waals surface area contributed by atoms with Crippen LogP contribution in [0.15, 0.2) is 59.4 Å². The molecule has 0 aliphatic heterocycles. The first-order valence-electron chi connectivity index (χ1n) is 7.91. The van der Waals surface area contributed by atoms with Gasteiger partial charge in [-0.1, -0.05) is 36.4 Å². The van der Waals surface area contributed by atoms with Crippen molar-refractivity contribution in [1.82, 2.24) is 14.3 Å². The minimum absolute atomic E-state index is 0.0301. The molecule has 0 spiro atoms. The second kappa shape index (κ2) is 5.59.